The van der Waals surface area contributed by atoms with Gasteiger partial charge in [-0.2, -0.15) is 0 Å². The normalized spacial score (nSPS) is 29.3. The van der Waals surface area contributed by atoms with Gasteiger partial charge in [0.2, 0.25) is 5.91 Å². The number of benzene rings is 1. The maximum absolute atomic E-state index is 12.5. The number of carbonyl (C=O) groups is 2. The molecule has 2 fully saturated rings. The van der Waals surface area contributed by atoms with Crippen molar-refractivity contribution in [2.45, 2.75) is 31.8 Å². The van der Waals surface area contributed by atoms with Crippen LogP contribution in [0.2, 0.25) is 0 Å². The fraction of sp³-hybridized carbons (Fsp3) is 0.500. The summed E-state index contributed by atoms with van der Waals surface area (Å²) in [4.78, 5) is 23.1. The van der Waals surface area contributed by atoms with Gasteiger partial charge in [0.25, 0.3) is 0 Å². The minimum atomic E-state index is -0.553. The van der Waals surface area contributed by atoms with E-state index in [9.17, 15) is 9.59 Å². The molecule has 118 valence electrons. The summed E-state index contributed by atoms with van der Waals surface area (Å²) in [6, 6.07) is 6.81. The number of carbonyl (C=O) groups excluding carboxylic acids is 2. The van der Waals surface area contributed by atoms with Crippen molar-refractivity contribution in [3.8, 4) is 0 Å². The van der Waals surface area contributed by atoms with E-state index in [0.717, 1.165) is 30.5 Å². The first kappa shape index (κ1) is 14.8. The fourth-order valence-electron chi connectivity index (χ4n) is 3.85. The van der Waals surface area contributed by atoms with Crippen LogP contribution in [0, 0.1) is 17.8 Å². The van der Waals surface area contributed by atoms with E-state index in [4.69, 9.17) is 11.5 Å². The van der Waals surface area contributed by atoms with E-state index in [1.165, 1.54) is 0 Å². The summed E-state index contributed by atoms with van der Waals surface area (Å²) in [5.74, 6) is 0.930. The molecule has 0 spiro atoms. The number of fused-ring (bicyclic) bond motifs is 2. The molecule has 2 saturated carbocycles. The molecule has 0 heterocycles. The first-order valence-corrected chi connectivity index (χ1v) is 7.73. The highest BCUT2D eigenvalue weighted by Crippen LogP contribution is 2.47. The smallest absolute Gasteiger partial charge is 0.312 e. The van der Waals surface area contributed by atoms with Crippen LogP contribution in [0.15, 0.2) is 24.3 Å². The predicted octanol–water partition coefficient (Wildman–Crippen LogP) is 1.17. The van der Waals surface area contributed by atoms with Crippen LogP contribution in [0.25, 0.3) is 0 Å². The average Bonchev–Trinajstić information content (AvgIpc) is 3.07. The lowest BCUT2D eigenvalue weighted by atomic mass is 9.84. The molecule has 3 rings (SSSR count). The second kappa shape index (κ2) is 5.96. The Morgan fingerprint density at radius 1 is 1.14 bits per heavy atom. The van der Waals surface area contributed by atoms with Crippen molar-refractivity contribution in [1.82, 2.24) is 5.32 Å². The summed E-state index contributed by atoms with van der Waals surface area (Å²) in [5, 5.41) is 5.49. The first-order chi connectivity index (χ1) is 10.5. The standard InChI is InChI=1S/C16H22N4O2/c17-14-11-4-3-10(7-11)13(14)15(21)20-12-5-1-9(2-6-12)8-19-16(18)22/h1-2,5-6,10-11,13-14H,3-4,7-8,17H2,(H,20,21)(H3,18,19,22). The molecule has 3 amide bonds. The first-order valence-electron chi connectivity index (χ1n) is 7.73. The minimum absolute atomic E-state index is 0.00205. The third-order valence-corrected chi connectivity index (χ3v) is 4.97. The van der Waals surface area contributed by atoms with E-state index in [2.05, 4.69) is 10.6 Å². The summed E-state index contributed by atoms with van der Waals surface area (Å²) < 4.78 is 0. The molecule has 22 heavy (non-hydrogen) atoms. The van der Waals surface area contributed by atoms with Crippen LogP contribution >= 0.6 is 0 Å². The largest absolute Gasteiger partial charge is 0.352 e. The van der Waals surface area contributed by atoms with Crippen molar-refractivity contribution in [2.24, 2.45) is 29.2 Å². The summed E-state index contributed by atoms with van der Waals surface area (Å²) in [6.07, 6.45) is 3.38. The van der Waals surface area contributed by atoms with E-state index in [1.807, 2.05) is 24.3 Å². The quantitative estimate of drug-likeness (QED) is 0.670. The Morgan fingerprint density at radius 2 is 1.82 bits per heavy atom. The molecule has 2 aliphatic carbocycles. The molecular formula is C16H22N4O2. The number of urea groups is 1. The van der Waals surface area contributed by atoms with Crippen LogP contribution < -0.4 is 22.1 Å². The van der Waals surface area contributed by atoms with Crippen LogP contribution in [0.4, 0.5) is 10.5 Å². The number of nitrogens with one attached hydrogen (secondary N) is 2. The Hall–Kier alpha value is -2.08. The van der Waals surface area contributed by atoms with Gasteiger partial charge in [-0.3, -0.25) is 4.79 Å². The topological polar surface area (TPSA) is 110 Å². The molecule has 6 N–H and O–H groups in total. The van der Waals surface area contributed by atoms with Gasteiger partial charge in [0.05, 0.1) is 5.92 Å². The molecule has 6 nitrogen and oxygen atoms in total. The van der Waals surface area contributed by atoms with Gasteiger partial charge in [-0.15, -0.1) is 0 Å². The average molecular weight is 302 g/mol. The minimum Gasteiger partial charge on any atom is -0.352 e. The van der Waals surface area contributed by atoms with E-state index in [1.54, 1.807) is 0 Å². The number of anilines is 1. The van der Waals surface area contributed by atoms with Gasteiger partial charge in [0.1, 0.15) is 0 Å². The third kappa shape index (κ3) is 2.92. The molecule has 2 bridgehead atoms. The maximum Gasteiger partial charge on any atom is 0.312 e. The van der Waals surface area contributed by atoms with Crippen molar-refractivity contribution in [2.75, 3.05) is 5.32 Å². The molecule has 1 aromatic carbocycles. The van der Waals surface area contributed by atoms with Gasteiger partial charge < -0.3 is 22.1 Å². The molecule has 2 aliphatic rings. The summed E-state index contributed by atoms with van der Waals surface area (Å²) >= 11 is 0. The molecule has 0 radical (unpaired) electrons. The van der Waals surface area contributed by atoms with Crippen LogP contribution in [0.1, 0.15) is 24.8 Å². The highest BCUT2D eigenvalue weighted by Gasteiger charge is 2.49. The number of hydrogen-bond acceptors (Lipinski definition) is 3. The van der Waals surface area contributed by atoms with Crippen LogP contribution in [0.3, 0.4) is 0 Å². The number of rotatable bonds is 4. The Morgan fingerprint density at radius 3 is 2.41 bits per heavy atom. The zero-order valence-electron chi connectivity index (χ0n) is 12.4. The van der Waals surface area contributed by atoms with Crippen LogP contribution in [-0.4, -0.2) is 18.0 Å². The van der Waals surface area contributed by atoms with Crippen molar-refractivity contribution in [3.05, 3.63) is 29.8 Å². The van der Waals surface area contributed by atoms with E-state index < -0.39 is 6.03 Å². The summed E-state index contributed by atoms with van der Waals surface area (Å²) in [6.45, 7) is 0.376. The van der Waals surface area contributed by atoms with Gasteiger partial charge in [0.15, 0.2) is 0 Å². The molecule has 4 atom stereocenters. The van der Waals surface area contributed by atoms with E-state index in [-0.39, 0.29) is 17.9 Å². The Labute approximate surface area is 129 Å². The zero-order valence-corrected chi connectivity index (χ0v) is 12.4. The third-order valence-electron chi connectivity index (χ3n) is 4.97. The predicted molar refractivity (Wildman–Crippen MR) is 83.8 cm³/mol. The second-order valence-corrected chi connectivity index (χ2v) is 6.34. The zero-order chi connectivity index (χ0) is 15.7. The lowest BCUT2D eigenvalue weighted by Crippen LogP contribution is -2.42. The fourth-order valence-corrected chi connectivity index (χ4v) is 3.85. The number of nitrogens with two attached hydrogens (primary N) is 2. The van der Waals surface area contributed by atoms with Gasteiger partial charge in [-0.05, 0) is 48.8 Å². The van der Waals surface area contributed by atoms with Crippen molar-refractivity contribution in [3.63, 3.8) is 0 Å². The van der Waals surface area contributed by atoms with Crippen molar-refractivity contribution in [1.29, 1.82) is 0 Å². The molecule has 0 saturated heterocycles. The summed E-state index contributed by atoms with van der Waals surface area (Å²) in [5.41, 5.74) is 12.9. The van der Waals surface area contributed by atoms with E-state index in [0.29, 0.717) is 18.4 Å². The highest BCUT2D eigenvalue weighted by atomic mass is 16.2. The van der Waals surface area contributed by atoms with Crippen molar-refractivity contribution < 1.29 is 9.59 Å². The molecule has 4 unspecified atom stereocenters. The highest BCUT2D eigenvalue weighted by molar-refractivity contribution is 5.93. The SMILES string of the molecule is NC(=O)NCc1ccc(NC(=O)C2C3CCC(C3)C2N)cc1. The van der Waals surface area contributed by atoms with E-state index >= 15 is 0 Å². The number of amides is 3. The van der Waals surface area contributed by atoms with Gasteiger partial charge >= 0.3 is 6.03 Å². The molecule has 6 heteroatoms. The molecule has 1 aromatic rings. The van der Waals surface area contributed by atoms with Gasteiger partial charge in [-0.1, -0.05) is 12.1 Å². The second-order valence-electron chi connectivity index (χ2n) is 6.34. The Kier molecular flexibility index (Phi) is 4.02. The Bertz CT molecular complexity index is 570. The lowest BCUT2D eigenvalue weighted by molar-refractivity contribution is -0.121. The molecule has 0 aromatic heterocycles. The van der Waals surface area contributed by atoms with Crippen LogP contribution in [0.5, 0.6) is 0 Å². The van der Waals surface area contributed by atoms with Crippen LogP contribution in [-0.2, 0) is 11.3 Å². The summed E-state index contributed by atoms with van der Waals surface area (Å²) in [7, 11) is 0. The van der Waals surface area contributed by atoms with Gasteiger partial charge in [0, 0.05) is 18.3 Å². The molecule has 0 aliphatic heterocycles. The molecular weight excluding hydrogens is 280 g/mol. The lowest BCUT2D eigenvalue weighted by Gasteiger charge is -2.27. The Balaban J connectivity index is 1.59. The van der Waals surface area contributed by atoms with Gasteiger partial charge in [-0.25, -0.2) is 4.79 Å². The number of hydrogen-bond donors (Lipinski definition) is 4. The van der Waals surface area contributed by atoms with Crippen molar-refractivity contribution >= 4 is 17.6 Å². The maximum atomic E-state index is 12.5. The number of primary amides is 1. The monoisotopic (exact) mass is 302 g/mol.